The maximum absolute atomic E-state index is 12.8. The number of benzene rings is 2. The minimum Gasteiger partial charge on any atom is -0.339 e. The average Bonchev–Trinajstić information content (AvgIpc) is 3.27. The van der Waals surface area contributed by atoms with Gasteiger partial charge >= 0.3 is 6.03 Å². The second kappa shape index (κ2) is 10.4. The Morgan fingerprint density at radius 3 is 2.06 bits per heavy atom. The largest absolute Gasteiger partial charge is 0.339 e. The van der Waals surface area contributed by atoms with Crippen LogP contribution >= 0.6 is 11.3 Å². The summed E-state index contributed by atoms with van der Waals surface area (Å²) < 4.78 is 0. The molecule has 8 heteroatoms. The number of para-hydroxylation sites is 1. The Balaban J connectivity index is 1.62. The molecule has 7 nitrogen and oxygen atoms in total. The zero-order chi connectivity index (χ0) is 22.2. The van der Waals surface area contributed by atoms with Crippen LogP contribution in [0.1, 0.15) is 23.5 Å². The first-order valence-electron chi connectivity index (χ1n) is 9.80. The van der Waals surface area contributed by atoms with Gasteiger partial charge in [0.2, 0.25) is 5.91 Å². The van der Waals surface area contributed by atoms with Crippen molar-refractivity contribution in [1.82, 2.24) is 5.32 Å². The lowest BCUT2D eigenvalue weighted by molar-refractivity contribution is -0.118. The molecule has 0 spiro atoms. The van der Waals surface area contributed by atoms with Crippen molar-refractivity contribution >= 4 is 46.2 Å². The third kappa shape index (κ3) is 6.42. The third-order valence-corrected chi connectivity index (χ3v) is 5.27. The van der Waals surface area contributed by atoms with Crippen LogP contribution in [0.4, 0.5) is 21.9 Å². The summed E-state index contributed by atoms with van der Waals surface area (Å²) in [6.45, 7) is 3.73. The third-order valence-electron chi connectivity index (χ3n) is 4.40. The molecule has 4 amide bonds. The molecule has 0 fully saturated rings. The Morgan fingerprint density at radius 2 is 1.42 bits per heavy atom. The van der Waals surface area contributed by atoms with E-state index in [2.05, 4.69) is 21.3 Å². The Labute approximate surface area is 184 Å². The highest BCUT2D eigenvalue weighted by Crippen LogP contribution is 2.17. The lowest BCUT2D eigenvalue weighted by atomic mass is 10.0. The van der Waals surface area contributed by atoms with Crippen molar-refractivity contribution < 1.29 is 14.4 Å². The number of amides is 4. The molecule has 1 heterocycles. The van der Waals surface area contributed by atoms with Gasteiger partial charge in [0.15, 0.2) is 0 Å². The smallest absolute Gasteiger partial charge is 0.323 e. The van der Waals surface area contributed by atoms with Crippen LogP contribution in [0.2, 0.25) is 0 Å². The first-order chi connectivity index (χ1) is 14.9. The number of anilines is 3. The van der Waals surface area contributed by atoms with E-state index in [-0.39, 0.29) is 17.7 Å². The first-order valence-corrected chi connectivity index (χ1v) is 10.7. The van der Waals surface area contributed by atoms with Crippen molar-refractivity contribution in [2.75, 3.05) is 16.0 Å². The molecule has 0 radical (unpaired) electrons. The van der Waals surface area contributed by atoms with Gasteiger partial charge in [-0.05, 0) is 47.7 Å². The van der Waals surface area contributed by atoms with E-state index in [0.29, 0.717) is 21.9 Å². The zero-order valence-electron chi connectivity index (χ0n) is 17.2. The summed E-state index contributed by atoms with van der Waals surface area (Å²) in [7, 11) is 0. The second-order valence-corrected chi connectivity index (χ2v) is 8.14. The monoisotopic (exact) mass is 436 g/mol. The summed E-state index contributed by atoms with van der Waals surface area (Å²) in [5.41, 5.74) is 1.71. The molecule has 1 atom stereocenters. The molecule has 0 bridgehead atoms. The van der Waals surface area contributed by atoms with E-state index in [1.54, 1.807) is 48.5 Å². The van der Waals surface area contributed by atoms with Gasteiger partial charge in [-0.25, -0.2) is 4.79 Å². The molecule has 3 aromatic rings. The van der Waals surface area contributed by atoms with Crippen LogP contribution < -0.4 is 21.3 Å². The predicted molar refractivity (Wildman–Crippen MR) is 125 cm³/mol. The van der Waals surface area contributed by atoms with Gasteiger partial charge in [0.1, 0.15) is 6.04 Å². The summed E-state index contributed by atoms with van der Waals surface area (Å²) in [5.74, 6) is -0.718. The van der Waals surface area contributed by atoms with Gasteiger partial charge in [-0.3, -0.25) is 9.59 Å². The van der Waals surface area contributed by atoms with E-state index in [9.17, 15) is 14.4 Å². The van der Waals surface area contributed by atoms with E-state index in [1.165, 1.54) is 11.3 Å². The van der Waals surface area contributed by atoms with Crippen molar-refractivity contribution in [3.05, 3.63) is 77.0 Å². The van der Waals surface area contributed by atoms with Crippen LogP contribution in [0.15, 0.2) is 72.1 Å². The Kier molecular flexibility index (Phi) is 7.40. The van der Waals surface area contributed by atoms with Crippen molar-refractivity contribution in [2.45, 2.75) is 19.9 Å². The van der Waals surface area contributed by atoms with Crippen LogP contribution in [0.5, 0.6) is 0 Å². The predicted octanol–water partition coefficient (Wildman–Crippen LogP) is 4.79. The Hall–Kier alpha value is -3.65. The Morgan fingerprint density at radius 1 is 0.774 bits per heavy atom. The molecule has 1 aromatic heterocycles. The minimum absolute atomic E-state index is 0.109. The number of thiophene rings is 1. The topological polar surface area (TPSA) is 99.3 Å². The van der Waals surface area contributed by atoms with Crippen molar-refractivity contribution in [3.63, 3.8) is 0 Å². The minimum atomic E-state index is -0.701. The molecule has 0 aliphatic heterocycles. The number of urea groups is 1. The molecular weight excluding hydrogens is 412 g/mol. The van der Waals surface area contributed by atoms with E-state index in [1.807, 2.05) is 37.4 Å². The lowest BCUT2D eigenvalue weighted by Crippen LogP contribution is -2.46. The van der Waals surface area contributed by atoms with Crippen LogP contribution in [-0.4, -0.2) is 23.9 Å². The lowest BCUT2D eigenvalue weighted by Gasteiger charge is -2.21. The first kappa shape index (κ1) is 22.0. The quantitative estimate of drug-likeness (QED) is 0.429. The van der Waals surface area contributed by atoms with Gasteiger partial charge in [0, 0.05) is 17.1 Å². The van der Waals surface area contributed by atoms with Crippen molar-refractivity contribution in [3.8, 4) is 0 Å². The summed E-state index contributed by atoms with van der Waals surface area (Å²) in [5, 5.41) is 12.9. The highest BCUT2D eigenvalue weighted by Gasteiger charge is 2.25. The molecule has 0 saturated carbocycles. The fraction of sp³-hybridized carbons (Fsp3) is 0.174. The summed E-state index contributed by atoms with van der Waals surface area (Å²) in [6.07, 6.45) is 0. The molecule has 0 aliphatic rings. The summed E-state index contributed by atoms with van der Waals surface area (Å²) >= 11 is 1.32. The van der Waals surface area contributed by atoms with Gasteiger partial charge in [-0.2, -0.15) is 0 Å². The molecule has 160 valence electrons. The van der Waals surface area contributed by atoms with Crippen LogP contribution in [0, 0.1) is 5.92 Å². The van der Waals surface area contributed by atoms with Gasteiger partial charge < -0.3 is 21.3 Å². The number of hydrogen-bond donors (Lipinski definition) is 4. The molecule has 0 saturated heterocycles. The SMILES string of the molecule is CC(C)C(NC(=O)c1cccs1)C(=O)Nc1cccc(NC(=O)Nc2ccccc2)c1. The molecule has 0 aliphatic carbocycles. The highest BCUT2D eigenvalue weighted by atomic mass is 32.1. The van der Waals surface area contributed by atoms with Crippen molar-refractivity contribution in [2.24, 2.45) is 5.92 Å². The van der Waals surface area contributed by atoms with E-state index < -0.39 is 12.1 Å². The standard InChI is InChI=1S/C23H24N4O3S/c1-15(2)20(27-21(28)19-12-7-13-31-19)22(29)24-17-10-6-11-18(14-17)26-23(30)25-16-8-4-3-5-9-16/h3-15,20H,1-2H3,(H,24,29)(H,27,28)(H2,25,26,30). The molecule has 1 unspecified atom stereocenters. The number of nitrogens with one attached hydrogen (secondary N) is 4. The van der Waals surface area contributed by atoms with Crippen LogP contribution in [0.3, 0.4) is 0 Å². The van der Waals surface area contributed by atoms with Gasteiger partial charge in [-0.1, -0.05) is 44.2 Å². The number of hydrogen-bond acceptors (Lipinski definition) is 4. The number of carbonyl (C=O) groups excluding carboxylic acids is 3. The maximum atomic E-state index is 12.8. The average molecular weight is 437 g/mol. The normalized spacial score (nSPS) is 11.5. The summed E-state index contributed by atoms with van der Waals surface area (Å²) in [6, 6.07) is 18.3. The summed E-state index contributed by atoms with van der Waals surface area (Å²) in [4.78, 5) is 37.9. The highest BCUT2D eigenvalue weighted by molar-refractivity contribution is 7.12. The zero-order valence-corrected chi connectivity index (χ0v) is 18.0. The Bertz CT molecular complexity index is 1040. The maximum Gasteiger partial charge on any atom is 0.323 e. The fourth-order valence-corrected chi connectivity index (χ4v) is 3.49. The van der Waals surface area contributed by atoms with E-state index in [4.69, 9.17) is 0 Å². The molecule has 2 aromatic carbocycles. The molecule has 31 heavy (non-hydrogen) atoms. The second-order valence-electron chi connectivity index (χ2n) is 7.19. The van der Waals surface area contributed by atoms with Crippen LogP contribution in [0.25, 0.3) is 0 Å². The number of rotatable bonds is 7. The number of carbonyl (C=O) groups is 3. The fourth-order valence-electron chi connectivity index (χ4n) is 2.86. The molecular formula is C23H24N4O3S. The van der Waals surface area contributed by atoms with Gasteiger partial charge in [-0.15, -0.1) is 11.3 Å². The van der Waals surface area contributed by atoms with Crippen LogP contribution in [-0.2, 0) is 4.79 Å². The molecule has 4 N–H and O–H groups in total. The van der Waals surface area contributed by atoms with E-state index >= 15 is 0 Å². The van der Waals surface area contributed by atoms with Gasteiger partial charge in [0.05, 0.1) is 4.88 Å². The van der Waals surface area contributed by atoms with Gasteiger partial charge in [0.25, 0.3) is 5.91 Å². The van der Waals surface area contributed by atoms with Crippen molar-refractivity contribution in [1.29, 1.82) is 0 Å². The molecule has 3 rings (SSSR count). The van der Waals surface area contributed by atoms with E-state index in [0.717, 1.165) is 0 Å².